The van der Waals surface area contributed by atoms with Crippen LogP contribution < -0.4 is 5.32 Å². The molecule has 0 aromatic heterocycles. The molecule has 0 aliphatic heterocycles. The summed E-state index contributed by atoms with van der Waals surface area (Å²) in [6.45, 7) is 10.0. The molecule has 0 fully saturated rings. The minimum Gasteiger partial charge on any atom is -0.466 e. The van der Waals surface area contributed by atoms with Crippen LogP contribution in [0.3, 0.4) is 0 Å². The number of hydrogen-bond acceptors (Lipinski definition) is 3. The quantitative estimate of drug-likeness (QED) is 0.336. The summed E-state index contributed by atoms with van der Waals surface area (Å²) in [5.74, 6) is -5.72. The normalized spacial score (nSPS) is 12.9. The van der Waals surface area contributed by atoms with Gasteiger partial charge in [0.15, 0.2) is 0 Å². The molecule has 0 saturated carbocycles. The highest BCUT2D eigenvalue weighted by Gasteiger charge is 2.40. The summed E-state index contributed by atoms with van der Waals surface area (Å²) in [6, 6.07) is -0.433. The van der Waals surface area contributed by atoms with E-state index in [0.29, 0.717) is 6.07 Å². The van der Waals surface area contributed by atoms with Gasteiger partial charge in [-0.05, 0) is 62.1 Å². The van der Waals surface area contributed by atoms with Crippen LogP contribution in [0.1, 0.15) is 68.0 Å². The minimum absolute atomic E-state index is 0.0461. The second-order valence-corrected chi connectivity index (χ2v) is 9.60. The van der Waals surface area contributed by atoms with Crippen molar-refractivity contribution < 1.29 is 40.7 Å². The summed E-state index contributed by atoms with van der Waals surface area (Å²) >= 11 is 0. The SMILES string of the molecule is CCOC(=O)C[C@H](NC(=O)C(C)(C)C)c1c(F)c(-c2c(C)cc(F)c(C)c2C)cc(C(F)(F)F)c1F. The van der Waals surface area contributed by atoms with Gasteiger partial charge in [-0.1, -0.05) is 20.8 Å². The van der Waals surface area contributed by atoms with Gasteiger partial charge in [-0.2, -0.15) is 13.2 Å². The number of ether oxygens (including phenoxy) is 1. The standard InChI is InChI=1S/C26H29F6NO3/c1-8-36-19(34)11-18(33-24(35)25(5,6)7)21-22(28)15(10-16(23(21)29)26(30,31)32)20-12(2)9-17(27)13(3)14(20)4/h9-10,18H,8,11H2,1-7H3,(H,33,35)/t18-/m0/s1. The Kier molecular flexibility index (Phi) is 8.53. The molecule has 1 amide bonds. The minimum atomic E-state index is -5.24. The second kappa shape index (κ2) is 10.5. The van der Waals surface area contributed by atoms with Gasteiger partial charge in [0, 0.05) is 16.5 Å². The van der Waals surface area contributed by atoms with Crippen molar-refractivity contribution in [1.29, 1.82) is 0 Å². The van der Waals surface area contributed by atoms with Crippen LogP contribution in [0.25, 0.3) is 11.1 Å². The van der Waals surface area contributed by atoms with Crippen molar-refractivity contribution in [3.8, 4) is 11.1 Å². The first-order valence-electron chi connectivity index (χ1n) is 11.2. The lowest BCUT2D eigenvalue weighted by atomic mass is 9.87. The first kappa shape index (κ1) is 29.2. The van der Waals surface area contributed by atoms with Gasteiger partial charge in [0.05, 0.1) is 24.6 Å². The predicted molar refractivity (Wildman–Crippen MR) is 123 cm³/mol. The number of nitrogens with one attached hydrogen (secondary N) is 1. The Morgan fingerprint density at radius 2 is 1.56 bits per heavy atom. The van der Waals surface area contributed by atoms with E-state index in [9.17, 15) is 27.2 Å². The van der Waals surface area contributed by atoms with E-state index in [4.69, 9.17) is 4.74 Å². The third kappa shape index (κ3) is 6.02. The molecule has 0 bridgehead atoms. The van der Waals surface area contributed by atoms with E-state index in [0.717, 1.165) is 6.07 Å². The van der Waals surface area contributed by atoms with Crippen molar-refractivity contribution in [2.75, 3.05) is 6.61 Å². The molecule has 0 spiro atoms. The smallest absolute Gasteiger partial charge is 0.419 e. The van der Waals surface area contributed by atoms with Crippen molar-refractivity contribution in [1.82, 2.24) is 5.32 Å². The second-order valence-electron chi connectivity index (χ2n) is 9.60. The number of amides is 1. The molecule has 2 aromatic rings. The first-order chi connectivity index (χ1) is 16.4. The van der Waals surface area contributed by atoms with Crippen molar-refractivity contribution in [3.05, 3.63) is 57.4 Å². The molecule has 4 nitrogen and oxygen atoms in total. The fourth-order valence-electron chi connectivity index (χ4n) is 3.79. The number of benzene rings is 2. The van der Waals surface area contributed by atoms with Crippen LogP contribution in [0.4, 0.5) is 26.3 Å². The molecular formula is C26H29F6NO3. The third-order valence-corrected chi connectivity index (χ3v) is 5.85. The maximum absolute atomic E-state index is 16.0. The highest BCUT2D eigenvalue weighted by molar-refractivity contribution is 5.83. The Morgan fingerprint density at radius 3 is 2.06 bits per heavy atom. The molecule has 2 rings (SSSR count). The average molecular weight is 518 g/mol. The van der Waals surface area contributed by atoms with E-state index in [-0.39, 0.29) is 28.9 Å². The lowest BCUT2D eigenvalue weighted by molar-refractivity contribution is -0.144. The van der Waals surface area contributed by atoms with E-state index in [1.165, 1.54) is 48.5 Å². The number of rotatable bonds is 6. The molecule has 0 saturated heterocycles. The van der Waals surface area contributed by atoms with Crippen LogP contribution in [0, 0.1) is 43.6 Å². The van der Waals surface area contributed by atoms with Gasteiger partial charge in [-0.3, -0.25) is 9.59 Å². The number of alkyl halides is 3. The van der Waals surface area contributed by atoms with Gasteiger partial charge < -0.3 is 10.1 Å². The van der Waals surface area contributed by atoms with Crippen molar-refractivity contribution in [2.24, 2.45) is 5.41 Å². The Hall–Kier alpha value is -3.04. The number of aryl methyl sites for hydroxylation is 1. The third-order valence-electron chi connectivity index (χ3n) is 5.85. The highest BCUT2D eigenvalue weighted by atomic mass is 19.4. The van der Waals surface area contributed by atoms with Gasteiger partial charge in [-0.25, -0.2) is 13.2 Å². The van der Waals surface area contributed by atoms with Crippen LogP contribution in [0.5, 0.6) is 0 Å². The van der Waals surface area contributed by atoms with E-state index in [1.54, 1.807) is 0 Å². The zero-order valence-corrected chi connectivity index (χ0v) is 21.1. The van der Waals surface area contributed by atoms with Gasteiger partial charge in [0.25, 0.3) is 0 Å². The highest BCUT2D eigenvalue weighted by Crippen LogP contribution is 2.42. The monoisotopic (exact) mass is 517 g/mol. The number of hydrogen-bond donors (Lipinski definition) is 1. The number of esters is 1. The molecule has 10 heteroatoms. The Morgan fingerprint density at radius 1 is 0.972 bits per heavy atom. The molecular weight excluding hydrogens is 488 g/mol. The number of carbonyl (C=O) groups is 2. The molecule has 0 heterocycles. The zero-order valence-electron chi connectivity index (χ0n) is 21.1. The molecule has 2 aromatic carbocycles. The van der Waals surface area contributed by atoms with Gasteiger partial charge in [0.2, 0.25) is 5.91 Å². The van der Waals surface area contributed by atoms with Crippen LogP contribution in [-0.4, -0.2) is 18.5 Å². The van der Waals surface area contributed by atoms with Crippen LogP contribution >= 0.6 is 0 Å². The fourth-order valence-corrected chi connectivity index (χ4v) is 3.79. The fraction of sp³-hybridized carbons (Fsp3) is 0.462. The summed E-state index contributed by atoms with van der Waals surface area (Å²) in [5.41, 5.74) is -4.31. The Labute approximate surface area is 206 Å². The lowest BCUT2D eigenvalue weighted by Gasteiger charge is -2.27. The van der Waals surface area contributed by atoms with Gasteiger partial charge >= 0.3 is 12.1 Å². The summed E-state index contributed by atoms with van der Waals surface area (Å²) in [5, 5.41) is 2.30. The van der Waals surface area contributed by atoms with Crippen molar-refractivity contribution >= 4 is 11.9 Å². The summed E-state index contributed by atoms with van der Waals surface area (Å²) in [7, 11) is 0. The molecule has 1 atom stereocenters. The van der Waals surface area contributed by atoms with E-state index in [1.807, 2.05) is 0 Å². The first-order valence-corrected chi connectivity index (χ1v) is 11.2. The average Bonchev–Trinajstić information content (AvgIpc) is 2.72. The Balaban J connectivity index is 2.95. The van der Waals surface area contributed by atoms with E-state index >= 15 is 8.78 Å². The molecule has 0 unspecified atom stereocenters. The number of carbonyl (C=O) groups excluding carboxylic acids is 2. The van der Waals surface area contributed by atoms with E-state index < -0.39 is 70.1 Å². The molecule has 0 radical (unpaired) electrons. The molecule has 198 valence electrons. The maximum atomic E-state index is 16.0. The van der Waals surface area contributed by atoms with Crippen LogP contribution in [0.15, 0.2) is 12.1 Å². The van der Waals surface area contributed by atoms with Crippen LogP contribution in [0.2, 0.25) is 0 Å². The lowest BCUT2D eigenvalue weighted by Crippen LogP contribution is -2.39. The van der Waals surface area contributed by atoms with Gasteiger partial charge in [0.1, 0.15) is 17.5 Å². The summed E-state index contributed by atoms with van der Waals surface area (Å²) < 4.78 is 92.1. The molecule has 0 aliphatic carbocycles. The van der Waals surface area contributed by atoms with Crippen molar-refractivity contribution in [3.63, 3.8) is 0 Å². The largest absolute Gasteiger partial charge is 0.466 e. The Bertz CT molecular complexity index is 1180. The topological polar surface area (TPSA) is 55.4 Å². The molecule has 0 aliphatic rings. The zero-order chi connectivity index (χ0) is 27.7. The van der Waals surface area contributed by atoms with Crippen molar-refractivity contribution in [2.45, 2.75) is 67.1 Å². The van der Waals surface area contributed by atoms with E-state index in [2.05, 4.69) is 5.32 Å². The molecule has 1 N–H and O–H groups in total. The summed E-state index contributed by atoms with van der Waals surface area (Å²) in [6.07, 6.45) is -6.05. The molecule has 36 heavy (non-hydrogen) atoms. The summed E-state index contributed by atoms with van der Waals surface area (Å²) in [4.78, 5) is 24.9. The predicted octanol–water partition coefficient (Wildman–Crippen LogP) is 6.87. The maximum Gasteiger partial charge on any atom is 0.419 e. The number of halogens is 6. The van der Waals surface area contributed by atoms with Crippen LogP contribution in [-0.2, 0) is 20.5 Å². The van der Waals surface area contributed by atoms with Gasteiger partial charge in [-0.15, -0.1) is 0 Å².